The molecule has 0 aliphatic rings. The van der Waals surface area contributed by atoms with Gasteiger partial charge in [0.25, 0.3) is 0 Å². The third-order valence-corrected chi connectivity index (χ3v) is 2.75. The quantitative estimate of drug-likeness (QED) is 0.413. The summed E-state index contributed by atoms with van der Waals surface area (Å²) in [6.45, 7) is 3.12. The zero-order chi connectivity index (χ0) is 13.2. The van der Waals surface area contributed by atoms with Gasteiger partial charge >= 0.3 is 5.97 Å². The van der Waals surface area contributed by atoms with E-state index in [1.165, 1.54) is 0 Å². The predicted molar refractivity (Wildman–Crippen MR) is 72.1 cm³/mol. The van der Waals surface area contributed by atoms with Gasteiger partial charge in [0.2, 0.25) is 0 Å². The third-order valence-electron chi connectivity index (χ3n) is 2.40. The SMILES string of the molecule is CCCCOCC(CCl)OC(=O)c1ccccc1. The highest BCUT2D eigenvalue weighted by atomic mass is 35.5. The van der Waals surface area contributed by atoms with Crippen LogP contribution in [0, 0.1) is 0 Å². The van der Waals surface area contributed by atoms with Crippen LogP contribution in [0.5, 0.6) is 0 Å². The number of esters is 1. The Morgan fingerprint density at radius 3 is 2.67 bits per heavy atom. The summed E-state index contributed by atoms with van der Waals surface area (Å²) in [5.41, 5.74) is 0.529. The molecule has 0 amide bonds. The predicted octanol–water partition coefficient (Wildman–Crippen LogP) is 3.27. The Hall–Kier alpha value is -1.06. The van der Waals surface area contributed by atoms with Gasteiger partial charge < -0.3 is 9.47 Å². The molecule has 1 rings (SSSR count). The highest BCUT2D eigenvalue weighted by molar-refractivity contribution is 6.18. The van der Waals surface area contributed by atoms with E-state index in [0.717, 1.165) is 12.8 Å². The van der Waals surface area contributed by atoms with Crippen molar-refractivity contribution >= 4 is 17.6 Å². The molecule has 100 valence electrons. The second kappa shape index (κ2) is 8.95. The Morgan fingerprint density at radius 1 is 1.33 bits per heavy atom. The van der Waals surface area contributed by atoms with Gasteiger partial charge in [0.05, 0.1) is 18.1 Å². The maximum atomic E-state index is 11.8. The molecule has 1 atom stereocenters. The number of halogens is 1. The van der Waals surface area contributed by atoms with E-state index in [1.54, 1.807) is 24.3 Å². The van der Waals surface area contributed by atoms with Crippen molar-refractivity contribution in [1.29, 1.82) is 0 Å². The van der Waals surface area contributed by atoms with E-state index in [4.69, 9.17) is 21.1 Å². The van der Waals surface area contributed by atoms with Gasteiger partial charge in [-0.05, 0) is 18.6 Å². The van der Waals surface area contributed by atoms with Crippen LogP contribution in [0.15, 0.2) is 30.3 Å². The van der Waals surface area contributed by atoms with Crippen molar-refractivity contribution in [2.75, 3.05) is 19.1 Å². The number of rotatable bonds is 8. The molecule has 1 aromatic carbocycles. The van der Waals surface area contributed by atoms with E-state index in [-0.39, 0.29) is 11.8 Å². The molecule has 0 aliphatic carbocycles. The number of carbonyl (C=O) groups is 1. The molecule has 0 heterocycles. The molecular weight excluding hydrogens is 252 g/mol. The fourth-order valence-electron chi connectivity index (χ4n) is 1.36. The lowest BCUT2D eigenvalue weighted by molar-refractivity contribution is 0.00281. The highest BCUT2D eigenvalue weighted by Crippen LogP contribution is 2.06. The number of carbonyl (C=O) groups excluding carboxylic acids is 1. The lowest BCUT2D eigenvalue weighted by Crippen LogP contribution is -2.25. The smallest absolute Gasteiger partial charge is 0.338 e. The minimum Gasteiger partial charge on any atom is -0.455 e. The van der Waals surface area contributed by atoms with Crippen LogP contribution in [0.4, 0.5) is 0 Å². The van der Waals surface area contributed by atoms with E-state index in [0.29, 0.717) is 18.8 Å². The van der Waals surface area contributed by atoms with Crippen molar-refractivity contribution in [3.63, 3.8) is 0 Å². The van der Waals surface area contributed by atoms with E-state index in [9.17, 15) is 4.79 Å². The fraction of sp³-hybridized carbons (Fsp3) is 0.500. The number of benzene rings is 1. The molecule has 18 heavy (non-hydrogen) atoms. The molecule has 0 bridgehead atoms. The van der Waals surface area contributed by atoms with Crippen LogP contribution in [0.1, 0.15) is 30.1 Å². The number of unbranched alkanes of at least 4 members (excludes halogenated alkanes) is 1. The molecule has 0 saturated carbocycles. The van der Waals surface area contributed by atoms with Crippen LogP contribution < -0.4 is 0 Å². The van der Waals surface area contributed by atoms with Gasteiger partial charge in [0, 0.05) is 6.61 Å². The molecule has 4 heteroatoms. The Labute approximate surface area is 113 Å². The lowest BCUT2D eigenvalue weighted by Gasteiger charge is -2.15. The molecule has 0 aliphatic heterocycles. The van der Waals surface area contributed by atoms with Crippen LogP contribution in [0.2, 0.25) is 0 Å². The van der Waals surface area contributed by atoms with E-state index < -0.39 is 6.10 Å². The van der Waals surface area contributed by atoms with Crippen molar-refractivity contribution < 1.29 is 14.3 Å². The molecule has 0 N–H and O–H groups in total. The molecule has 0 saturated heterocycles. The maximum Gasteiger partial charge on any atom is 0.338 e. The third kappa shape index (κ3) is 5.52. The van der Waals surface area contributed by atoms with Crippen molar-refractivity contribution in [2.45, 2.75) is 25.9 Å². The van der Waals surface area contributed by atoms with Gasteiger partial charge in [-0.2, -0.15) is 0 Å². The Balaban J connectivity index is 2.36. The maximum absolute atomic E-state index is 11.8. The van der Waals surface area contributed by atoms with Gasteiger partial charge in [0.15, 0.2) is 0 Å². The van der Waals surface area contributed by atoms with Gasteiger partial charge in [-0.15, -0.1) is 11.6 Å². The summed E-state index contributed by atoms with van der Waals surface area (Å²) in [5.74, 6) is -0.120. The summed E-state index contributed by atoms with van der Waals surface area (Å²) in [6.07, 6.45) is 1.69. The summed E-state index contributed by atoms with van der Waals surface area (Å²) >= 11 is 5.75. The molecule has 1 aromatic rings. The average molecular weight is 271 g/mol. The normalized spacial score (nSPS) is 12.1. The summed E-state index contributed by atoms with van der Waals surface area (Å²) in [4.78, 5) is 11.8. The first-order valence-corrected chi connectivity index (χ1v) is 6.71. The van der Waals surface area contributed by atoms with Gasteiger partial charge in [-0.1, -0.05) is 31.5 Å². The Kier molecular flexibility index (Phi) is 7.46. The molecule has 3 nitrogen and oxygen atoms in total. The van der Waals surface area contributed by atoms with Crippen molar-refractivity contribution in [2.24, 2.45) is 0 Å². The summed E-state index contributed by atoms with van der Waals surface area (Å²) in [7, 11) is 0. The van der Waals surface area contributed by atoms with Crippen LogP contribution in [-0.4, -0.2) is 31.2 Å². The lowest BCUT2D eigenvalue weighted by atomic mass is 10.2. The largest absolute Gasteiger partial charge is 0.455 e. The molecule has 0 spiro atoms. The molecule has 0 fully saturated rings. The molecule has 0 radical (unpaired) electrons. The van der Waals surface area contributed by atoms with Crippen molar-refractivity contribution in [3.8, 4) is 0 Å². The second-order valence-electron chi connectivity index (χ2n) is 3.98. The van der Waals surface area contributed by atoms with Crippen LogP contribution >= 0.6 is 11.6 Å². The van der Waals surface area contributed by atoms with Crippen LogP contribution in [0.3, 0.4) is 0 Å². The van der Waals surface area contributed by atoms with E-state index >= 15 is 0 Å². The number of ether oxygens (including phenoxy) is 2. The first-order chi connectivity index (χ1) is 8.77. The highest BCUT2D eigenvalue weighted by Gasteiger charge is 2.15. The van der Waals surface area contributed by atoms with E-state index in [2.05, 4.69) is 6.92 Å². The number of alkyl halides is 1. The van der Waals surface area contributed by atoms with Gasteiger partial charge in [-0.3, -0.25) is 0 Å². The second-order valence-corrected chi connectivity index (χ2v) is 4.28. The monoisotopic (exact) mass is 270 g/mol. The van der Waals surface area contributed by atoms with E-state index in [1.807, 2.05) is 6.07 Å². The Morgan fingerprint density at radius 2 is 2.06 bits per heavy atom. The number of hydrogen-bond acceptors (Lipinski definition) is 3. The molecule has 0 aromatic heterocycles. The van der Waals surface area contributed by atoms with Crippen LogP contribution in [0.25, 0.3) is 0 Å². The molecule has 1 unspecified atom stereocenters. The first kappa shape index (κ1) is 15.0. The summed E-state index contributed by atoms with van der Waals surface area (Å²) in [5, 5.41) is 0. The van der Waals surface area contributed by atoms with Crippen molar-refractivity contribution in [3.05, 3.63) is 35.9 Å². The fourth-order valence-corrected chi connectivity index (χ4v) is 1.52. The van der Waals surface area contributed by atoms with Gasteiger partial charge in [-0.25, -0.2) is 4.79 Å². The molecular formula is C14H19ClO3. The van der Waals surface area contributed by atoms with Crippen LogP contribution in [-0.2, 0) is 9.47 Å². The summed E-state index contributed by atoms with van der Waals surface area (Å²) < 4.78 is 10.7. The minimum absolute atomic E-state index is 0.241. The summed E-state index contributed by atoms with van der Waals surface area (Å²) in [6, 6.07) is 8.87. The Bertz CT molecular complexity index is 340. The number of hydrogen-bond donors (Lipinski definition) is 0. The zero-order valence-corrected chi connectivity index (χ0v) is 11.4. The van der Waals surface area contributed by atoms with Gasteiger partial charge in [0.1, 0.15) is 6.10 Å². The zero-order valence-electron chi connectivity index (χ0n) is 10.6. The topological polar surface area (TPSA) is 35.5 Å². The average Bonchev–Trinajstić information content (AvgIpc) is 2.43. The standard InChI is InChI=1S/C14H19ClO3/c1-2-3-9-17-11-13(10-15)18-14(16)12-7-5-4-6-8-12/h4-8,13H,2-3,9-11H2,1H3. The van der Waals surface area contributed by atoms with Crippen molar-refractivity contribution in [1.82, 2.24) is 0 Å². The minimum atomic E-state index is -0.392. The first-order valence-electron chi connectivity index (χ1n) is 6.17.